The first-order valence-electron chi connectivity index (χ1n) is 5.96. The zero-order valence-corrected chi connectivity index (χ0v) is 10.1. The van der Waals surface area contributed by atoms with Crippen LogP contribution in [0.3, 0.4) is 0 Å². The molecule has 2 heterocycles. The second-order valence-electron chi connectivity index (χ2n) is 4.41. The molecule has 2 aromatic rings. The Morgan fingerprint density at radius 2 is 2.11 bits per heavy atom. The van der Waals surface area contributed by atoms with Gasteiger partial charge in [0.2, 0.25) is 5.43 Å². The van der Waals surface area contributed by atoms with Gasteiger partial charge in [0.1, 0.15) is 5.56 Å². The molecular formula is C14H13NO3. The Bertz CT molecular complexity index is 700. The van der Waals surface area contributed by atoms with Gasteiger partial charge in [0.15, 0.2) is 0 Å². The molecular weight excluding hydrogens is 230 g/mol. The van der Waals surface area contributed by atoms with Gasteiger partial charge in [0.25, 0.3) is 0 Å². The highest BCUT2D eigenvalue weighted by Gasteiger charge is 2.25. The molecule has 1 aromatic carbocycles. The van der Waals surface area contributed by atoms with Crippen LogP contribution in [-0.2, 0) is 17.7 Å². The average molecular weight is 243 g/mol. The van der Waals surface area contributed by atoms with Gasteiger partial charge < -0.3 is 9.30 Å². The maximum absolute atomic E-state index is 12.4. The molecule has 3 rings (SSSR count). The van der Waals surface area contributed by atoms with Crippen LogP contribution in [0.25, 0.3) is 10.9 Å². The molecule has 18 heavy (non-hydrogen) atoms. The highest BCUT2D eigenvalue weighted by atomic mass is 16.5. The van der Waals surface area contributed by atoms with Crippen LogP contribution in [0.15, 0.2) is 29.1 Å². The maximum Gasteiger partial charge on any atom is 0.343 e. The number of ether oxygens (including phenoxy) is 1. The smallest absolute Gasteiger partial charge is 0.343 e. The van der Waals surface area contributed by atoms with Crippen molar-refractivity contribution in [2.24, 2.45) is 0 Å². The van der Waals surface area contributed by atoms with E-state index in [1.165, 1.54) is 7.11 Å². The van der Waals surface area contributed by atoms with Crippen LogP contribution in [0, 0.1) is 0 Å². The fraction of sp³-hybridized carbons (Fsp3) is 0.286. The van der Waals surface area contributed by atoms with Crippen LogP contribution < -0.4 is 5.43 Å². The number of rotatable bonds is 1. The summed E-state index contributed by atoms with van der Waals surface area (Å²) in [6, 6.07) is 7.40. The summed E-state index contributed by atoms with van der Waals surface area (Å²) in [7, 11) is 1.31. The number of aromatic nitrogens is 1. The molecule has 0 unspecified atom stereocenters. The first kappa shape index (κ1) is 11.0. The minimum Gasteiger partial charge on any atom is -0.465 e. The van der Waals surface area contributed by atoms with Crippen LogP contribution in [0.1, 0.15) is 22.5 Å². The summed E-state index contributed by atoms with van der Waals surface area (Å²) in [4.78, 5) is 24.2. The molecule has 0 saturated carbocycles. The van der Waals surface area contributed by atoms with Crippen LogP contribution in [0.4, 0.5) is 0 Å². The van der Waals surface area contributed by atoms with Gasteiger partial charge in [-0.2, -0.15) is 0 Å². The summed E-state index contributed by atoms with van der Waals surface area (Å²) in [6.45, 7) is 0.847. The van der Waals surface area contributed by atoms with Crippen LogP contribution in [0.5, 0.6) is 0 Å². The summed E-state index contributed by atoms with van der Waals surface area (Å²) in [5, 5.41) is 0.587. The van der Waals surface area contributed by atoms with Crippen LogP contribution in [0.2, 0.25) is 0 Å². The monoisotopic (exact) mass is 243 g/mol. The molecule has 1 aliphatic rings. The third kappa shape index (κ3) is 1.38. The first-order valence-corrected chi connectivity index (χ1v) is 5.96. The number of carbonyl (C=O) groups is 1. The van der Waals surface area contributed by atoms with Crippen LogP contribution in [-0.4, -0.2) is 17.6 Å². The minimum absolute atomic E-state index is 0.203. The fourth-order valence-corrected chi connectivity index (χ4v) is 2.68. The maximum atomic E-state index is 12.4. The number of methoxy groups -OCH3 is 1. The van der Waals surface area contributed by atoms with E-state index < -0.39 is 5.97 Å². The van der Waals surface area contributed by atoms with Gasteiger partial charge in [-0.1, -0.05) is 12.1 Å². The highest BCUT2D eigenvalue weighted by molar-refractivity contribution is 5.95. The molecule has 0 saturated heterocycles. The molecule has 0 spiro atoms. The number of aryl methyl sites for hydroxylation is 1. The molecule has 0 fully saturated rings. The summed E-state index contributed by atoms with van der Waals surface area (Å²) in [5.41, 5.74) is 1.70. The Kier molecular flexibility index (Phi) is 2.44. The first-order chi connectivity index (χ1) is 8.74. The predicted octanol–water partition coefficient (Wildman–Crippen LogP) is 1.73. The molecule has 0 atom stereocenters. The van der Waals surface area contributed by atoms with E-state index in [1.807, 2.05) is 18.2 Å². The van der Waals surface area contributed by atoms with Crippen LogP contribution >= 0.6 is 0 Å². The van der Waals surface area contributed by atoms with Crippen molar-refractivity contribution in [2.75, 3.05) is 7.11 Å². The van der Waals surface area contributed by atoms with E-state index in [2.05, 4.69) is 4.57 Å². The number of para-hydroxylation sites is 1. The highest BCUT2D eigenvalue weighted by Crippen LogP contribution is 2.23. The third-order valence-corrected chi connectivity index (χ3v) is 3.47. The van der Waals surface area contributed by atoms with Crippen molar-refractivity contribution >= 4 is 16.9 Å². The van der Waals surface area contributed by atoms with E-state index in [1.54, 1.807) is 6.07 Å². The second kappa shape index (κ2) is 3.98. The topological polar surface area (TPSA) is 48.3 Å². The second-order valence-corrected chi connectivity index (χ2v) is 4.41. The Hall–Kier alpha value is -2.10. The number of hydrogen-bond acceptors (Lipinski definition) is 3. The third-order valence-electron chi connectivity index (χ3n) is 3.47. The average Bonchev–Trinajstić information content (AvgIpc) is 2.88. The number of hydrogen-bond donors (Lipinski definition) is 0. The predicted molar refractivity (Wildman–Crippen MR) is 67.9 cm³/mol. The van der Waals surface area contributed by atoms with E-state index in [0.717, 1.165) is 30.6 Å². The van der Waals surface area contributed by atoms with Crippen molar-refractivity contribution in [2.45, 2.75) is 19.4 Å². The molecule has 1 aromatic heterocycles. The molecule has 0 aliphatic carbocycles. The zero-order valence-electron chi connectivity index (χ0n) is 10.1. The molecule has 0 radical (unpaired) electrons. The van der Waals surface area contributed by atoms with Crippen molar-refractivity contribution < 1.29 is 9.53 Å². The lowest BCUT2D eigenvalue weighted by atomic mass is 10.1. The van der Waals surface area contributed by atoms with Crippen molar-refractivity contribution in [1.29, 1.82) is 0 Å². The molecule has 92 valence electrons. The molecule has 1 aliphatic heterocycles. The summed E-state index contributed by atoms with van der Waals surface area (Å²) in [6.07, 6.45) is 1.71. The summed E-state index contributed by atoms with van der Waals surface area (Å²) < 4.78 is 6.80. The van der Waals surface area contributed by atoms with Gasteiger partial charge in [-0.25, -0.2) is 4.79 Å². The van der Waals surface area contributed by atoms with E-state index in [4.69, 9.17) is 4.74 Å². The number of nitrogens with zero attached hydrogens (tertiary/aromatic N) is 1. The summed E-state index contributed by atoms with van der Waals surface area (Å²) >= 11 is 0. The number of pyridine rings is 1. The van der Waals surface area contributed by atoms with E-state index in [-0.39, 0.29) is 11.0 Å². The van der Waals surface area contributed by atoms with E-state index in [0.29, 0.717) is 5.39 Å². The molecule has 4 nitrogen and oxygen atoms in total. The summed E-state index contributed by atoms with van der Waals surface area (Å²) in [5.74, 6) is -0.531. The van der Waals surface area contributed by atoms with Gasteiger partial charge in [-0.15, -0.1) is 0 Å². The van der Waals surface area contributed by atoms with E-state index >= 15 is 0 Å². The molecule has 0 N–H and O–H groups in total. The van der Waals surface area contributed by atoms with Gasteiger partial charge in [0, 0.05) is 17.6 Å². The number of esters is 1. The van der Waals surface area contributed by atoms with Gasteiger partial charge in [0.05, 0.1) is 12.6 Å². The lowest BCUT2D eigenvalue weighted by Crippen LogP contribution is -2.22. The van der Waals surface area contributed by atoms with Crippen molar-refractivity contribution in [1.82, 2.24) is 4.57 Å². The number of carbonyl (C=O) groups excluding carboxylic acids is 1. The standard InChI is InChI=1S/C14H13NO3/c1-18-14(17)12-11-7-4-8-15(11)10-6-3-2-5-9(10)13(12)16/h2-3,5-6H,4,7-8H2,1H3. The Morgan fingerprint density at radius 3 is 2.89 bits per heavy atom. The quantitative estimate of drug-likeness (QED) is 0.717. The fourth-order valence-electron chi connectivity index (χ4n) is 2.68. The molecule has 4 heteroatoms. The lowest BCUT2D eigenvalue weighted by molar-refractivity contribution is 0.0597. The van der Waals surface area contributed by atoms with Crippen molar-refractivity contribution in [3.05, 3.63) is 45.7 Å². The van der Waals surface area contributed by atoms with Gasteiger partial charge in [-0.05, 0) is 25.0 Å². The zero-order chi connectivity index (χ0) is 12.7. The largest absolute Gasteiger partial charge is 0.465 e. The normalized spacial score (nSPS) is 13.6. The molecule has 0 amide bonds. The Balaban J connectivity index is 2.47. The molecule has 0 bridgehead atoms. The van der Waals surface area contributed by atoms with Gasteiger partial charge >= 0.3 is 5.97 Å². The lowest BCUT2D eigenvalue weighted by Gasteiger charge is -2.12. The van der Waals surface area contributed by atoms with Crippen molar-refractivity contribution in [3.63, 3.8) is 0 Å². The minimum atomic E-state index is -0.531. The Labute approximate surface area is 104 Å². The number of fused-ring (bicyclic) bond motifs is 3. The SMILES string of the molecule is COC(=O)c1c2n(c3ccccc3c1=O)CCC2. The van der Waals surface area contributed by atoms with Gasteiger partial charge in [-0.3, -0.25) is 4.79 Å². The Morgan fingerprint density at radius 1 is 1.33 bits per heavy atom. The van der Waals surface area contributed by atoms with E-state index in [9.17, 15) is 9.59 Å². The number of benzene rings is 1. The van der Waals surface area contributed by atoms with Crippen molar-refractivity contribution in [3.8, 4) is 0 Å².